The molecule has 4 unspecified atom stereocenters. The van der Waals surface area contributed by atoms with E-state index in [2.05, 4.69) is 39.4 Å². The molecule has 32 nitrogen and oxygen atoms in total. The molecule has 8 heterocycles. The van der Waals surface area contributed by atoms with E-state index < -0.39 is 122 Å². The monoisotopic (exact) mass is 1020 g/mol. The van der Waals surface area contributed by atoms with Gasteiger partial charge in [-0.05, 0) is 6.92 Å². The number of rotatable bonds is 19. The van der Waals surface area contributed by atoms with Gasteiger partial charge in [-0.15, -0.1) is 0 Å². The van der Waals surface area contributed by atoms with Crippen LogP contribution >= 0.6 is 23.5 Å². The Hall–Kier alpha value is -4.53. The van der Waals surface area contributed by atoms with Crippen molar-refractivity contribution in [2.75, 3.05) is 52.6 Å². The number of aliphatic hydroxyl groups is 1. The van der Waals surface area contributed by atoms with Crippen LogP contribution in [0.5, 0.6) is 0 Å². The van der Waals surface area contributed by atoms with Gasteiger partial charge in [-0.3, -0.25) is 50.6 Å². The van der Waals surface area contributed by atoms with Gasteiger partial charge in [0.1, 0.15) is 78.7 Å². The molecule has 3 aliphatic rings. The van der Waals surface area contributed by atoms with E-state index in [1.807, 2.05) is 0 Å². The first-order valence-corrected chi connectivity index (χ1v) is 24.5. The van der Waals surface area contributed by atoms with E-state index in [1.165, 1.54) is 49.1 Å². The predicted octanol–water partition coefficient (Wildman–Crippen LogP) is -1.07. The van der Waals surface area contributed by atoms with Gasteiger partial charge in [0, 0.05) is 39.5 Å². The molecule has 3 fully saturated rings. The molecule has 0 aliphatic carbocycles. The van der Waals surface area contributed by atoms with Gasteiger partial charge in [-0.2, -0.15) is 0 Å². The number of nitrogens with zero attached hydrogens (tertiary/aromatic N) is 9. The highest BCUT2D eigenvalue weighted by atomic mass is 31.2. The lowest BCUT2D eigenvalue weighted by Crippen LogP contribution is -2.39. The lowest BCUT2D eigenvalue weighted by molar-refractivity contribution is -0.0629. The largest absolute Gasteiger partial charge is 0.473 e. The lowest BCUT2D eigenvalue weighted by atomic mass is 10.1. The molecule has 68 heavy (non-hydrogen) atoms. The van der Waals surface area contributed by atoms with Crippen LogP contribution in [0.25, 0.3) is 22.3 Å². The number of imidazole rings is 2. The van der Waals surface area contributed by atoms with Crippen LogP contribution in [0.15, 0.2) is 41.1 Å². The number of H-pyrrole nitrogens is 1. The van der Waals surface area contributed by atoms with Crippen LogP contribution in [-0.2, 0) is 64.5 Å². The number of aromatic amines is 1. The molecule has 35 heteroatoms. The van der Waals surface area contributed by atoms with Gasteiger partial charge in [-0.1, -0.05) is 0 Å². The number of methoxy groups -OCH3 is 2. The van der Waals surface area contributed by atoms with E-state index in [1.54, 1.807) is 0 Å². The molecule has 3 saturated heterocycles. The zero-order valence-electron chi connectivity index (χ0n) is 35.9. The van der Waals surface area contributed by atoms with Gasteiger partial charge in [0.15, 0.2) is 35.4 Å². The van der Waals surface area contributed by atoms with Crippen molar-refractivity contribution in [2.24, 2.45) is 0 Å². The van der Waals surface area contributed by atoms with E-state index in [0.717, 1.165) is 24.3 Å². The van der Waals surface area contributed by atoms with E-state index in [-0.39, 0.29) is 45.9 Å². The molecule has 0 bridgehead atoms. The highest BCUT2D eigenvalue weighted by molar-refractivity contribution is 7.48. The van der Waals surface area contributed by atoms with Crippen molar-refractivity contribution in [1.82, 2.24) is 48.6 Å². The van der Waals surface area contributed by atoms with Crippen LogP contribution in [0, 0.1) is 6.92 Å². The highest BCUT2D eigenvalue weighted by Gasteiger charge is 2.54. The van der Waals surface area contributed by atoms with Crippen LogP contribution in [0.1, 0.15) is 30.7 Å². The van der Waals surface area contributed by atoms with Crippen molar-refractivity contribution >= 4 is 57.4 Å². The molecule has 14 atom stereocenters. The fraction of sp³-hybridized carbons (Fsp3) is 0.576. The molecule has 9 N–H and O–H groups in total. The number of nitrogen functional groups attached to an aromatic ring is 2. The van der Waals surface area contributed by atoms with Crippen LogP contribution in [0.4, 0.5) is 11.6 Å². The van der Waals surface area contributed by atoms with E-state index in [4.69, 9.17) is 57.8 Å². The summed E-state index contributed by atoms with van der Waals surface area (Å²) in [4.78, 5) is 84.1. The fourth-order valence-corrected chi connectivity index (χ4v) is 10.4. The van der Waals surface area contributed by atoms with E-state index in [9.17, 15) is 43.1 Å². The number of nitrogens with two attached hydrogens (primary N) is 2. The second-order valence-electron chi connectivity index (χ2n) is 15.2. The van der Waals surface area contributed by atoms with Gasteiger partial charge >= 0.3 is 29.2 Å². The van der Waals surface area contributed by atoms with Crippen LogP contribution in [-0.4, -0.2) is 158 Å². The topological polar surface area (TPSA) is 428 Å². The standard InChI is InChI=1S/C33H45N12O20P3/c1-14-6-43(33(48)42-30(14)47)19-5-15(16(7-46)60-19)63-68(53,54)65-23-18(62-32(25(23)56-3)45-13-41-21-27(35)37-11-39-29(21)45)9-59-67(51,52)64-22-17(8-58-66(49,50)57-4)61-31(24(22)55-2)44-12-40-20-26(34)36-10-38-28(20)44/h6,10-13,15-19,22-25,31-32,46H,5,7-9H2,1-4H3,(H,49,50)(H,51,52)(H,53,54)(H2,34,36,38)(H2,35,37,39)(H,42,47,48)/t15-,16+,17?,18+,19+,22+,23+,24+,25+,31+,32+/m0/s1. The molecule has 372 valence electrons. The number of phosphoric ester groups is 3. The molecule has 8 rings (SSSR count). The predicted molar refractivity (Wildman–Crippen MR) is 224 cm³/mol. The fourth-order valence-electron chi connectivity index (χ4n) is 7.87. The Bertz CT molecular complexity index is 2900. The average molecular weight is 1020 g/mol. The highest BCUT2D eigenvalue weighted by Crippen LogP contribution is 2.54. The molecule has 0 radical (unpaired) electrons. The van der Waals surface area contributed by atoms with Crippen LogP contribution in [0.2, 0.25) is 0 Å². The maximum Gasteiger partial charge on any atom is 0.473 e. The first kappa shape index (κ1) is 49.9. The van der Waals surface area contributed by atoms with Crippen molar-refractivity contribution in [3.8, 4) is 0 Å². The van der Waals surface area contributed by atoms with Crippen molar-refractivity contribution in [2.45, 2.75) is 80.9 Å². The summed E-state index contributed by atoms with van der Waals surface area (Å²) in [6.45, 7) is -1.02. The van der Waals surface area contributed by atoms with Crippen molar-refractivity contribution in [3.05, 3.63) is 57.9 Å². The SMILES string of the molecule is CO[C@@H]1[C@H](OP(=O)(O)O[C@H]2C[C@H](n3cc(C)c(=O)[nH]c3=O)O[C@@H]2CO)[C@@H](COP(=O)(O)O[C@@H]2C(COP(=O)(O)OC)O[C@@H](n3cnc4c(N)ncnc43)[C@@H]2OC)O[C@H]1n1cnc2c(N)ncnc21. The van der Waals surface area contributed by atoms with Gasteiger partial charge < -0.3 is 54.9 Å². The quantitative estimate of drug-likeness (QED) is 0.0484. The Morgan fingerprint density at radius 2 is 1.22 bits per heavy atom. The number of hydrogen-bond donors (Lipinski definition) is 7. The number of fused-ring (bicyclic) bond motifs is 2. The Morgan fingerprint density at radius 3 is 1.72 bits per heavy atom. The molecule has 0 amide bonds. The molecular formula is C33H45N12O20P3. The van der Waals surface area contributed by atoms with Crippen LogP contribution < -0.4 is 22.7 Å². The number of phosphoric acid groups is 3. The third-order valence-electron chi connectivity index (χ3n) is 11.1. The summed E-state index contributed by atoms with van der Waals surface area (Å²) < 4.78 is 105. The number of aliphatic hydroxyl groups excluding tert-OH is 1. The zero-order valence-corrected chi connectivity index (χ0v) is 38.6. The minimum absolute atomic E-state index is 0.00585. The molecular weight excluding hydrogens is 977 g/mol. The smallest absolute Gasteiger partial charge is 0.394 e. The Morgan fingerprint density at radius 1 is 0.706 bits per heavy atom. The van der Waals surface area contributed by atoms with E-state index in [0.29, 0.717) is 0 Å². The van der Waals surface area contributed by atoms with Gasteiger partial charge in [0.2, 0.25) is 0 Å². The van der Waals surface area contributed by atoms with Gasteiger partial charge in [-0.25, -0.2) is 48.4 Å². The number of hydrogen-bond acceptors (Lipinski definition) is 25. The summed E-state index contributed by atoms with van der Waals surface area (Å²) in [5, 5.41) is 10.1. The van der Waals surface area contributed by atoms with Gasteiger partial charge in [0.25, 0.3) is 5.56 Å². The molecule has 5 aromatic rings. The molecule has 0 aromatic carbocycles. The average Bonchev–Trinajstić information content (AvgIpc) is 4.13. The first-order chi connectivity index (χ1) is 32.3. The summed E-state index contributed by atoms with van der Waals surface area (Å²) in [5.74, 6) is 0.0139. The number of nitrogens with one attached hydrogen (secondary N) is 1. The van der Waals surface area contributed by atoms with Crippen molar-refractivity contribution < 1.29 is 84.3 Å². The van der Waals surface area contributed by atoms with E-state index >= 15 is 0 Å². The number of aryl methyl sites for hydroxylation is 1. The minimum Gasteiger partial charge on any atom is -0.394 e. The Labute approximate surface area is 381 Å². The third-order valence-corrected chi connectivity index (χ3v) is 14.0. The number of ether oxygens (including phenoxy) is 5. The van der Waals surface area contributed by atoms with Crippen molar-refractivity contribution in [1.29, 1.82) is 0 Å². The van der Waals surface area contributed by atoms with Crippen LogP contribution in [0.3, 0.4) is 0 Å². The normalized spacial score (nSPS) is 30.2. The molecule has 5 aromatic heterocycles. The minimum atomic E-state index is -5.37. The second kappa shape index (κ2) is 19.7. The summed E-state index contributed by atoms with van der Waals surface area (Å²) in [6, 6.07) is 0. The summed E-state index contributed by atoms with van der Waals surface area (Å²) in [5.41, 5.74) is 11.2. The molecule has 0 spiro atoms. The summed E-state index contributed by atoms with van der Waals surface area (Å²) in [7, 11) is -12.0. The molecule has 0 saturated carbocycles. The van der Waals surface area contributed by atoms with Crippen molar-refractivity contribution in [3.63, 3.8) is 0 Å². The first-order valence-electron chi connectivity index (χ1n) is 20.0. The zero-order chi connectivity index (χ0) is 48.9. The maximum atomic E-state index is 14.0. The van der Waals surface area contributed by atoms with Gasteiger partial charge in [0.05, 0.1) is 32.5 Å². The Balaban J connectivity index is 1.05. The lowest BCUT2D eigenvalue weighted by Gasteiger charge is -2.28. The Kier molecular flexibility index (Phi) is 14.4. The molecule has 3 aliphatic heterocycles. The number of aromatic nitrogens is 10. The third kappa shape index (κ3) is 10.1. The second-order valence-corrected chi connectivity index (χ2v) is 19.5. The summed E-state index contributed by atoms with van der Waals surface area (Å²) >= 11 is 0. The summed E-state index contributed by atoms with van der Waals surface area (Å²) in [6.07, 6.45) is -9.79. The number of anilines is 2. The maximum absolute atomic E-state index is 14.0.